The van der Waals surface area contributed by atoms with Crippen LogP contribution < -0.4 is 5.32 Å². The van der Waals surface area contributed by atoms with E-state index in [0.717, 1.165) is 19.1 Å². The minimum absolute atomic E-state index is 0.00145. The quantitative estimate of drug-likeness (QED) is 0.433. The fraction of sp³-hybridized carbons (Fsp3) is 0.467. The lowest BCUT2D eigenvalue weighted by atomic mass is 9.84. The Kier molecular flexibility index (Phi) is 9.62. The molecule has 0 saturated carbocycles. The standard InChI is InChI=1S/C30H34F3N5O6/c1-16-11-17(14-34)15-35-22(16)24(39)36-18-9-10-20(32)19(12-18)30(8)23(33)21(13-31)42-25(37-30)38(26(40)43-28(2,3)4)27(41)44-29(5,6)7/h9-12,15,21,23H,13H2,1-8H3,(H,36,39)/t21-,23+,30-/m1/s1. The third kappa shape index (κ3) is 7.64. The number of rotatable bonds is 4. The molecule has 0 unspecified atom stereocenters. The van der Waals surface area contributed by atoms with Crippen LogP contribution in [0.4, 0.5) is 28.4 Å². The van der Waals surface area contributed by atoms with Gasteiger partial charge in [-0.05, 0) is 85.2 Å². The zero-order valence-electron chi connectivity index (χ0n) is 25.6. The Morgan fingerprint density at radius 2 is 1.70 bits per heavy atom. The van der Waals surface area contributed by atoms with Crippen molar-refractivity contribution in [1.29, 1.82) is 5.26 Å². The van der Waals surface area contributed by atoms with Crippen molar-refractivity contribution in [2.24, 2.45) is 4.99 Å². The van der Waals surface area contributed by atoms with Crippen molar-refractivity contribution in [2.45, 2.75) is 84.4 Å². The third-order valence-corrected chi connectivity index (χ3v) is 6.14. The predicted octanol–water partition coefficient (Wildman–Crippen LogP) is 6.10. The molecule has 0 fully saturated rings. The van der Waals surface area contributed by atoms with E-state index in [1.165, 1.54) is 59.9 Å². The van der Waals surface area contributed by atoms with Gasteiger partial charge in [0.1, 0.15) is 41.0 Å². The maximum atomic E-state index is 15.9. The number of aryl methyl sites for hydroxylation is 1. The molecule has 236 valence electrons. The van der Waals surface area contributed by atoms with Gasteiger partial charge >= 0.3 is 18.2 Å². The zero-order valence-corrected chi connectivity index (χ0v) is 25.6. The number of anilines is 1. The van der Waals surface area contributed by atoms with E-state index < -0.39 is 71.2 Å². The largest absolute Gasteiger partial charge is 0.455 e. The molecule has 0 aliphatic carbocycles. The fourth-order valence-corrected chi connectivity index (χ4v) is 4.17. The van der Waals surface area contributed by atoms with Gasteiger partial charge in [-0.2, -0.15) is 5.26 Å². The highest BCUT2D eigenvalue weighted by Crippen LogP contribution is 2.40. The number of alkyl halides is 2. The maximum Gasteiger partial charge on any atom is 0.428 e. The van der Waals surface area contributed by atoms with E-state index in [1.807, 2.05) is 6.07 Å². The number of imide groups is 1. The molecule has 2 aromatic rings. The molecule has 1 aliphatic heterocycles. The summed E-state index contributed by atoms with van der Waals surface area (Å²) in [5, 5.41) is 11.6. The normalized spacial score (nSPS) is 20.0. The molecule has 0 bridgehead atoms. The highest BCUT2D eigenvalue weighted by molar-refractivity contribution is 6.06. The molecule has 1 aliphatic rings. The Hall–Kier alpha value is -4.67. The van der Waals surface area contributed by atoms with Crippen molar-refractivity contribution < 1.29 is 41.8 Å². The van der Waals surface area contributed by atoms with E-state index in [-0.39, 0.29) is 21.8 Å². The fourth-order valence-electron chi connectivity index (χ4n) is 4.17. The molecule has 1 aromatic heterocycles. The minimum Gasteiger partial charge on any atom is -0.455 e. The van der Waals surface area contributed by atoms with Gasteiger partial charge in [0.15, 0.2) is 12.3 Å². The predicted molar refractivity (Wildman–Crippen MR) is 153 cm³/mol. The van der Waals surface area contributed by atoms with E-state index in [1.54, 1.807) is 6.92 Å². The lowest BCUT2D eigenvalue weighted by Gasteiger charge is -2.40. The number of ether oxygens (including phenoxy) is 3. The molecule has 0 radical (unpaired) electrons. The second kappa shape index (κ2) is 12.5. The van der Waals surface area contributed by atoms with Crippen LogP contribution in [0.3, 0.4) is 0 Å². The summed E-state index contributed by atoms with van der Waals surface area (Å²) in [6.45, 7) is 10.4. The second-order valence-corrected chi connectivity index (χ2v) is 12.2. The van der Waals surface area contributed by atoms with Crippen molar-refractivity contribution in [3.63, 3.8) is 0 Å². The number of amides is 3. The molecule has 14 heteroatoms. The number of amidine groups is 1. The number of carbonyl (C=O) groups excluding carboxylic acids is 3. The number of nitrogens with one attached hydrogen (secondary N) is 1. The van der Waals surface area contributed by atoms with Crippen molar-refractivity contribution in [3.8, 4) is 6.07 Å². The maximum absolute atomic E-state index is 15.9. The molecule has 0 spiro atoms. The molecule has 44 heavy (non-hydrogen) atoms. The Labute approximate surface area is 253 Å². The number of nitrogens with zero attached hydrogens (tertiary/aromatic N) is 4. The van der Waals surface area contributed by atoms with Crippen LogP contribution in [-0.4, -0.2) is 64.2 Å². The monoisotopic (exact) mass is 617 g/mol. The topological polar surface area (TPSA) is 143 Å². The Morgan fingerprint density at radius 3 is 2.20 bits per heavy atom. The number of hydrogen-bond donors (Lipinski definition) is 1. The molecule has 1 N–H and O–H groups in total. The first-order valence-electron chi connectivity index (χ1n) is 13.5. The molecular weight excluding hydrogens is 583 g/mol. The van der Waals surface area contributed by atoms with Crippen LogP contribution in [0.25, 0.3) is 0 Å². The summed E-state index contributed by atoms with van der Waals surface area (Å²) in [5.74, 6) is -1.69. The average molecular weight is 618 g/mol. The first-order valence-corrected chi connectivity index (χ1v) is 13.5. The Bertz CT molecular complexity index is 1500. The van der Waals surface area contributed by atoms with Gasteiger partial charge in [-0.3, -0.25) is 4.79 Å². The van der Waals surface area contributed by atoms with E-state index >= 15 is 8.78 Å². The summed E-state index contributed by atoms with van der Waals surface area (Å²) in [5.41, 5.74) is -4.32. The van der Waals surface area contributed by atoms with Gasteiger partial charge in [0.25, 0.3) is 5.91 Å². The lowest BCUT2D eigenvalue weighted by Crippen LogP contribution is -2.56. The van der Waals surface area contributed by atoms with Gasteiger partial charge < -0.3 is 19.5 Å². The van der Waals surface area contributed by atoms with Crippen molar-refractivity contribution in [1.82, 2.24) is 9.88 Å². The number of nitriles is 1. The zero-order chi connectivity index (χ0) is 33.2. The van der Waals surface area contributed by atoms with E-state index in [4.69, 9.17) is 19.5 Å². The van der Waals surface area contributed by atoms with Crippen LogP contribution in [0.1, 0.15) is 75.6 Å². The summed E-state index contributed by atoms with van der Waals surface area (Å²) >= 11 is 0. The highest BCUT2D eigenvalue weighted by atomic mass is 19.1. The van der Waals surface area contributed by atoms with Crippen LogP contribution in [0.15, 0.2) is 35.5 Å². The molecule has 3 rings (SSSR count). The number of aromatic nitrogens is 1. The number of halogens is 3. The smallest absolute Gasteiger partial charge is 0.428 e. The van der Waals surface area contributed by atoms with Crippen LogP contribution in [-0.2, 0) is 19.7 Å². The highest BCUT2D eigenvalue weighted by Gasteiger charge is 2.51. The number of hydrogen-bond acceptors (Lipinski definition) is 9. The second-order valence-electron chi connectivity index (χ2n) is 12.2. The van der Waals surface area contributed by atoms with Crippen LogP contribution >= 0.6 is 0 Å². The van der Waals surface area contributed by atoms with Gasteiger partial charge in [-0.15, -0.1) is 4.90 Å². The number of aliphatic imine (C=N–C) groups is 1. The number of carbonyl (C=O) groups is 3. The minimum atomic E-state index is -2.32. The lowest BCUT2D eigenvalue weighted by molar-refractivity contribution is -0.0214. The third-order valence-electron chi connectivity index (χ3n) is 6.14. The summed E-state index contributed by atoms with van der Waals surface area (Å²) in [6.07, 6.45) is -5.66. The molecule has 1 aromatic carbocycles. The number of benzene rings is 1. The van der Waals surface area contributed by atoms with E-state index in [9.17, 15) is 18.8 Å². The Balaban J connectivity index is 2.12. The van der Waals surface area contributed by atoms with E-state index in [2.05, 4.69) is 15.3 Å². The van der Waals surface area contributed by atoms with Crippen LogP contribution in [0.2, 0.25) is 0 Å². The average Bonchev–Trinajstić information content (AvgIpc) is 2.89. The molecule has 3 atom stereocenters. The van der Waals surface area contributed by atoms with Gasteiger partial charge in [-0.1, -0.05) is 0 Å². The first-order chi connectivity index (χ1) is 20.3. The SMILES string of the molecule is Cc1cc(C#N)cnc1C(=O)Nc1ccc(F)c([C@@]2(C)N=C(N(C(=O)OC(C)(C)C)C(=O)OC(C)(C)C)O[C@H](CF)[C@@H]2F)c1. The summed E-state index contributed by atoms with van der Waals surface area (Å²) in [4.78, 5) is 47.6. The van der Waals surface area contributed by atoms with Crippen LogP contribution in [0, 0.1) is 24.1 Å². The van der Waals surface area contributed by atoms with Crippen molar-refractivity contribution >= 4 is 29.8 Å². The van der Waals surface area contributed by atoms with Gasteiger partial charge in [0.2, 0.25) is 0 Å². The molecule has 2 heterocycles. The summed E-state index contributed by atoms with van der Waals surface area (Å²) < 4.78 is 61.4. The van der Waals surface area contributed by atoms with Gasteiger partial charge in [-0.25, -0.2) is 32.7 Å². The Morgan fingerprint density at radius 1 is 1.11 bits per heavy atom. The molecular formula is C30H34F3N5O6. The molecule has 3 amide bonds. The van der Waals surface area contributed by atoms with Crippen molar-refractivity contribution in [2.75, 3.05) is 12.0 Å². The van der Waals surface area contributed by atoms with E-state index in [0.29, 0.717) is 5.56 Å². The molecule has 11 nitrogen and oxygen atoms in total. The molecule has 0 saturated heterocycles. The summed E-state index contributed by atoms with van der Waals surface area (Å²) in [7, 11) is 0. The van der Waals surface area contributed by atoms with Crippen molar-refractivity contribution in [3.05, 3.63) is 58.7 Å². The number of pyridine rings is 1. The van der Waals surface area contributed by atoms with Gasteiger partial charge in [0, 0.05) is 17.4 Å². The van der Waals surface area contributed by atoms with Crippen LogP contribution in [0.5, 0.6) is 0 Å². The first kappa shape index (κ1) is 33.8. The van der Waals surface area contributed by atoms with Gasteiger partial charge in [0.05, 0.1) is 5.56 Å². The summed E-state index contributed by atoms with van der Waals surface area (Å²) in [6, 6.07) is 5.74.